The van der Waals surface area contributed by atoms with Crippen LogP contribution in [0, 0.1) is 0 Å². The first-order valence-electron chi connectivity index (χ1n) is 9.23. The molecule has 0 fully saturated rings. The third-order valence-corrected chi connectivity index (χ3v) is 6.58. The lowest BCUT2D eigenvalue weighted by Gasteiger charge is -2.14. The van der Waals surface area contributed by atoms with Crippen LogP contribution >= 0.6 is 0 Å². The second-order valence-electron chi connectivity index (χ2n) is 7.15. The van der Waals surface area contributed by atoms with Crippen molar-refractivity contribution in [3.8, 4) is 0 Å². The topological polar surface area (TPSA) is 83.6 Å². The second kappa shape index (κ2) is 8.14. The van der Waals surface area contributed by atoms with Gasteiger partial charge in [0.15, 0.2) is 9.84 Å². The Labute approximate surface area is 165 Å². The minimum Gasteiger partial charge on any atom is -0.345 e. The summed E-state index contributed by atoms with van der Waals surface area (Å²) in [6.07, 6.45) is 2.76. The van der Waals surface area contributed by atoms with Crippen molar-refractivity contribution in [1.82, 2.24) is 4.90 Å². The fourth-order valence-corrected chi connectivity index (χ4v) is 4.61. The first-order valence-corrected chi connectivity index (χ1v) is 10.9. The molecule has 0 saturated carbocycles. The average Bonchev–Trinajstić information content (AvgIpc) is 3.14. The molecule has 0 saturated heterocycles. The molecule has 0 aliphatic heterocycles. The number of aryl methyl sites for hydroxylation is 2. The molecule has 0 unspecified atom stereocenters. The number of para-hydroxylation sites is 1. The molecule has 0 atom stereocenters. The molecule has 28 heavy (non-hydrogen) atoms. The van der Waals surface area contributed by atoms with Gasteiger partial charge in [-0.05, 0) is 54.7 Å². The number of benzene rings is 2. The maximum Gasteiger partial charge on any atom is 0.255 e. The Hall–Kier alpha value is -2.67. The predicted molar refractivity (Wildman–Crippen MR) is 108 cm³/mol. The lowest BCUT2D eigenvalue weighted by molar-refractivity contribution is -0.115. The quantitative estimate of drug-likeness (QED) is 0.808. The molecule has 2 aromatic carbocycles. The molecule has 0 heterocycles. The number of nitrogens with zero attached hydrogens (tertiary/aromatic N) is 1. The summed E-state index contributed by atoms with van der Waals surface area (Å²) in [6, 6.07) is 11.9. The lowest BCUT2D eigenvalue weighted by atomic mass is 10.1. The molecule has 1 aliphatic carbocycles. The Balaban J connectivity index is 1.67. The second-order valence-corrected chi connectivity index (χ2v) is 9.26. The lowest BCUT2D eigenvalue weighted by Crippen LogP contribution is -2.24. The normalized spacial score (nSPS) is 13.1. The molecular formula is C21H24N2O4S. The number of carbonyl (C=O) groups excluding carboxylic acids is 2. The van der Waals surface area contributed by atoms with E-state index in [9.17, 15) is 18.0 Å². The molecular weight excluding hydrogens is 376 g/mol. The highest BCUT2D eigenvalue weighted by molar-refractivity contribution is 7.91. The van der Waals surface area contributed by atoms with Crippen LogP contribution in [0.4, 0.5) is 5.69 Å². The summed E-state index contributed by atoms with van der Waals surface area (Å²) in [4.78, 5) is 26.2. The van der Waals surface area contributed by atoms with E-state index in [4.69, 9.17) is 0 Å². The average molecular weight is 401 g/mol. The summed E-state index contributed by atoms with van der Waals surface area (Å²) < 4.78 is 25.2. The molecule has 148 valence electrons. The van der Waals surface area contributed by atoms with Gasteiger partial charge in [-0.3, -0.25) is 9.59 Å². The van der Waals surface area contributed by atoms with Crippen LogP contribution in [0.2, 0.25) is 0 Å². The molecule has 2 amide bonds. The van der Waals surface area contributed by atoms with Gasteiger partial charge in [0, 0.05) is 20.5 Å². The zero-order valence-electron chi connectivity index (χ0n) is 16.1. The zero-order chi connectivity index (χ0) is 20.3. The largest absolute Gasteiger partial charge is 0.345 e. The van der Waals surface area contributed by atoms with E-state index in [1.54, 1.807) is 50.5 Å². The van der Waals surface area contributed by atoms with Gasteiger partial charge < -0.3 is 10.2 Å². The third kappa shape index (κ3) is 4.42. The molecule has 0 radical (unpaired) electrons. The molecule has 0 bridgehead atoms. The van der Waals surface area contributed by atoms with Crippen LogP contribution in [0.25, 0.3) is 0 Å². The van der Waals surface area contributed by atoms with Crippen LogP contribution in [0.5, 0.6) is 0 Å². The van der Waals surface area contributed by atoms with Crippen molar-refractivity contribution in [3.63, 3.8) is 0 Å². The van der Waals surface area contributed by atoms with Gasteiger partial charge in [-0.15, -0.1) is 0 Å². The van der Waals surface area contributed by atoms with E-state index < -0.39 is 15.7 Å². The van der Waals surface area contributed by atoms with Crippen molar-refractivity contribution in [2.45, 2.75) is 30.6 Å². The molecule has 1 N–H and O–H groups in total. The summed E-state index contributed by atoms with van der Waals surface area (Å²) in [5, 5.41) is 2.66. The van der Waals surface area contributed by atoms with E-state index in [2.05, 4.69) is 5.32 Å². The van der Waals surface area contributed by atoms with E-state index in [1.165, 1.54) is 10.5 Å². The van der Waals surface area contributed by atoms with Crippen LogP contribution < -0.4 is 5.32 Å². The highest BCUT2D eigenvalue weighted by Crippen LogP contribution is 2.25. The van der Waals surface area contributed by atoms with Crippen molar-refractivity contribution in [1.29, 1.82) is 0 Å². The monoisotopic (exact) mass is 400 g/mol. The van der Waals surface area contributed by atoms with Gasteiger partial charge in [-0.25, -0.2) is 8.42 Å². The van der Waals surface area contributed by atoms with Crippen LogP contribution in [0.1, 0.15) is 34.3 Å². The maximum atomic E-state index is 12.6. The van der Waals surface area contributed by atoms with Crippen molar-refractivity contribution in [2.24, 2.45) is 0 Å². The molecule has 2 aromatic rings. The number of fused-ring (bicyclic) bond motifs is 1. The number of hydrogen-bond acceptors (Lipinski definition) is 4. The molecule has 3 rings (SSSR count). The van der Waals surface area contributed by atoms with Crippen molar-refractivity contribution in [3.05, 3.63) is 59.2 Å². The van der Waals surface area contributed by atoms with Crippen LogP contribution in [0.15, 0.2) is 47.4 Å². The van der Waals surface area contributed by atoms with Crippen molar-refractivity contribution in [2.75, 3.05) is 25.2 Å². The number of carbonyl (C=O) groups is 2. The molecule has 7 heteroatoms. The summed E-state index contributed by atoms with van der Waals surface area (Å²) in [6.45, 7) is 0. The van der Waals surface area contributed by atoms with Gasteiger partial charge in [0.05, 0.1) is 21.9 Å². The highest BCUT2D eigenvalue weighted by atomic mass is 32.2. The number of amides is 2. The summed E-state index contributed by atoms with van der Waals surface area (Å²) >= 11 is 0. The highest BCUT2D eigenvalue weighted by Gasteiger charge is 2.21. The van der Waals surface area contributed by atoms with E-state index in [0.29, 0.717) is 11.3 Å². The van der Waals surface area contributed by atoms with Gasteiger partial charge in [-0.1, -0.05) is 18.2 Å². The summed E-state index contributed by atoms with van der Waals surface area (Å²) in [5.41, 5.74) is 3.03. The zero-order valence-corrected chi connectivity index (χ0v) is 16.9. The number of rotatable bonds is 6. The third-order valence-electron chi connectivity index (χ3n) is 4.86. The number of hydrogen-bond donors (Lipinski definition) is 1. The van der Waals surface area contributed by atoms with E-state index in [1.807, 2.05) is 6.07 Å². The fourth-order valence-electron chi connectivity index (χ4n) is 3.32. The standard InChI is InChI=1S/C21H24N2O4S/c1-23(2)21(25)18-8-3-4-9-19(18)22-20(24)12-13-28(26,27)17-11-10-15-6-5-7-16(15)14-17/h3-4,8-11,14H,5-7,12-13H2,1-2H3,(H,22,24). The number of sulfone groups is 1. The Morgan fingerprint density at radius 3 is 2.50 bits per heavy atom. The molecule has 0 aromatic heterocycles. The molecule has 1 aliphatic rings. The Morgan fingerprint density at radius 2 is 1.75 bits per heavy atom. The van der Waals surface area contributed by atoms with Gasteiger partial charge in [-0.2, -0.15) is 0 Å². The summed E-state index contributed by atoms with van der Waals surface area (Å²) in [5.74, 6) is -0.952. The van der Waals surface area contributed by atoms with Gasteiger partial charge in [0.25, 0.3) is 5.91 Å². The SMILES string of the molecule is CN(C)C(=O)c1ccccc1NC(=O)CCS(=O)(=O)c1ccc2c(c1)CCC2. The van der Waals surface area contributed by atoms with E-state index in [-0.39, 0.29) is 23.0 Å². The molecule has 6 nitrogen and oxygen atoms in total. The number of nitrogens with one attached hydrogen (secondary N) is 1. The minimum absolute atomic E-state index is 0.177. The first kappa shape index (κ1) is 20.1. The molecule has 0 spiro atoms. The van der Waals surface area contributed by atoms with E-state index >= 15 is 0 Å². The predicted octanol–water partition coefficient (Wildman–Crippen LogP) is 2.68. The van der Waals surface area contributed by atoms with Gasteiger partial charge >= 0.3 is 0 Å². The van der Waals surface area contributed by atoms with Crippen molar-refractivity contribution < 1.29 is 18.0 Å². The number of anilines is 1. The van der Waals surface area contributed by atoms with Crippen molar-refractivity contribution >= 4 is 27.3 Å². The maximum absolute atomic E-state index is 12.6. The van der Waals surface area contributed by atoms with Crippen LogP contribution in [-0.2, 0) is 27.5 Å². The Kier molecular flexibility index (Phi) is 5.84. The van der Waals surface area contributed by atoms with Gasteiger partial charge in [0.1, 0.15) is 0 Å². The Morgan fingerprint density at radius 1 is 1.04 bits per heavy atom. The van der Waals surface area contributed by atoms with Gasteiger partial charge in [0.2, 0.25) is 5.91 Å². The Bertz CT molecular complexity index is 1010. The van der Waals surface area contributed by atoms with Crippen LogP contribution in [-0.4, -0.2) is 45.0 Å². The van der Waals surface area contributed by atoms with Crippen LogP contribution in [0.3, 0.4) is 0 Å². The first-order chi connectivity index (χ1) is 13.3. The minimum atomic E-state index is -3.55. The van der Waals surface area contributed by atoms with E-state index in [0.717, 1.165) is 24.8 Å². The smallest absolute Gasteiger partial charge is 0.255 e. The fraction of sp³-hybridized carbons (Fsp3) is 0.333. The summed E-state index contributed by atoms with van der Waals surface area (Å²) in [7, 11) is -0.287.